The number of hydrogen-bond donors (Lipinski definition) is 1. The minimum Gasteiger partial charge on any atom is -0.456 e. The number of carbonyl (C=O) groups is 1. The van der Waals surface area contributed by atoms with Gasteiger partial charge in [-0.3, -0.25) is 9.48 Å². The third-order valence-electron chi connectivity index (χ3n) is 3.19. The molecule has 2 rings (SSSR count). The van der Waals surface area contributed by atoms with E-state index in [1.807, 2.05) is 36.9 Å². The average Bonchev–Trinajstić information content (AvgIpc) is 3.05. The molecule has 0 aliphatic carbocycles. The molecule has 108 valence electrons. The lowest BCUT2D eigenvalue weighted by molar-refractivity contribution is 0.0916. The normalized spacial score (nSPS) is 12.3. The van der Waals surface area contributed by atoms with Crippen LogP contribution in [0.25, 0.3) is 0 Å². The Kier molecular flexibility index (Phi) is 4.61. The number of aromatic nitrogens is 2. The van der Waals surface area contributed by atoms with Crippen molar-refractivity contribution in [2.24, 2.45) is 5.92 Å². The zero-order valence-electron chi connectivity index (χ0n) is 12.2. The highest BCUT2D eigenvalue weighted by Crippen LogP contribution is 2.15. The first-order valence-corrected chi connectivity index (χ1v) is 6.95. The summed E-state index contributed by atoms with van der Waals surface area (Å²) in [5.41, 5.74) is 0.888. The average molecular weight is 275 g/mol. The molecule has 0 bridgehead atoms. The highest BCUT2D eigenvalue weighted by molar-refractivity contribution is 5.92. The Morgan fingerprint density at radius 3 is 2.95 bits per heavy atom. The van der Waals surface area contributed by atoms with Crippen molar-refractivity contribution in [2.75, 3.05) is 6.54 Å². The first-order chi connectivity index (χ1) is 9.60. The lowest BCUT2D eigenvalue weighted by atomic mass is 10.2. The first kappa shape index (κ1) is 14.4. The predicted octanol–water partition coefficient (Wildman–Crippen LogP) is 2.41. The fraction of sp³-hybridized carbons (Fsp3) is 0.467. The van der Waals surface area contributed by atoms with E-state index in [9.17, 15) is 4.79 Å². The molecule has 1 amide bonds. The van der Waals surface area contributed by atoms with Crippen molar-refractivity contribution in [3.8, 4) is 0 Å². The first-order valence-electron chi connectivity index (χ1n) is 6.95. The van der Waals surface area contributed by atoms with Gasteiger partial charge >= 0.3 is 0 Å². The zero-order chi connectivity index (χ0) is 14.5. The van der Waals surface area contributed by atoms with Gasteiger partial charge in [0, 0.05) is 37.5 Å². The van der Waals surface area contributed by atoms with E-state index in [4.69, 9.17) is 4.42 Å². The lowest BCUT2D eigenvalue weighted by Gasteiger charge is -2.12. The molecule has 2 aromatic heterocycles. The van der Waals surface area contributed by atoms with Gasteiger partial charge in [0.15, 0.2) is 5.76 Å². The zero-order valence-corrected chi connectivity index (χ0v) is 12.2. The molecule has 0 aliphatic rings. The standard InChI is InChI=1S/C15H21N3O2/c1-4-13-8-12(3)14(20-13)15(19)16-9-11(2)10-18-7-5-6-17-18/h5-8,11H,4,9-10H2,1-3H3,(H,16,19). The SMILES string of the molecule is CCc1cc(C)c(C(=O)NCC(C)Cn2cccn2)o1. The van der Waals surface area contributed by atoms with E-state index in [1.165, 1.54) is 0 Å². The number of nitrogens with one attached hydrogen (secondary N) is 1. The van der Waals surface area contributed by atoms with E-state index in [1.54, 1.807) is 6.20 Å². The number of carbonyl (C=O) groups excluding carboxylic acids is 1. The van der Waals surface area contributed by atoms with Crippen molar-refractivity contribution in [1.29, 1.82) is 0 Å². The summed E-state index contributed by atoms with van der Waals surface area (Å²) in [6.07, 6.45) is 4.47. The summed E-state index contributed by atoms with van der Waals surface area (Å²) in [7, 11) is 0. The monoisotopic (exact) mass is 275 g/mol. The van der Waals surface area contributed by atoms with Gasteiger partial charge in [-0.1, -0.05) is 13.8 Å². The summed E-state index contributed by atoms with van der Waals surface area (Å²) in [4.78, 5) is 12.1. The van der Waals surface area contributed by atoms with Crippen LogP contribution in [0.4, 0.5) is 0 Å². The number of rotatable bonds is 6. The van der Waals surface area contributed by atoms with Crippen molar-refractivity contribution in [3.05, 3.63) is 41.6 Å². The van der Waals surface area contributed by atoms with Crippen LogP contribution in [-0.2, 0) is 13.0 Å². The van der Waals surface area contributed by atoms with Crippen molar-refractivity contribution in [1.82, 2.24) is 15.1 Å². The molecular weight excluding hydrogens is 254 g/mol. The van der Waals surface area contributed by atoms with Crippen molar-refractivity contribution < 1.29 is 9.21 Å². The Labute approximate surface area is 119 Å². The van der Waals surface area contributed by atoms with Gasteiger partial charge < -0.3 is 9.73 Å². The third kappa shape index (κ3) is 3.50. The van der Waals surface area contributed by atoms with Crippen LogP contribution < -0.4 is 5.32 Å². The van der Waals surface area contributed by atoms with E-state index in [-0.39, 0.29) is 5.91 Å². The molecule has 2 aromatic rings. The molecular formula is C15H21N3O2. The number of amides is 1. The second-order valence-corrected chi connectivity index (χ2v) is 5.12. The molecule has 5 nitrogen and oxygen atoms in total. The molecule has 1 N–H and O–H groups in total. The summed E-state index contributed by atoms with van der Waals surface area (Å²) < 4.78 is 7.40. The molecule has 0 saturated carbocycles. The van der Waals surface area contributed by atoms with Gasteiger partial charge in [-0.2, -0.15) is 5.10 Å². The predicted molar refractivity (Wildman–Crippen MR) is 76.5 cm³/mol. The van der Waals surface area contributed by atoms with Gasteiger partial charge in [-0.15, -0.1) is 0 Å². The lowest BCUT2D eigenvalue weighted by Crippen LogP contribution is -2.30. The molecule has 0 fully saturated rings. The Balaban J connectivity index is 1.86. The highest BCUT2D eigenvalue weighted by atomic mass is 16.4. The fourth-order valence-corrected chi connectivity index (χ4v) is 2.09. The Bertz CT molecular complexity index is 558. The Hall–Kier alpha value is -2.04. The van der Waals surface area contributed by atoms with E-state index >= 15 is 0 Å². The van der Waals surface area contributed by atoms with Gasteiger partial charge in [0.2, 0.25) is 0 Å². The second-order valence-electron chi connectivity index (χ2n) is 5.12. The smallest absolute Gasteiger partial charge is 0.287 e. The van der Waals surface area contributed by atoms with Crippen LogP contribution in [-0.4, -0.2) is 22.2 Å². The van der Waals surface area contributed by atoms with E-state index in [0.717, 1.165) is 24.3 Å². The van der Waals surface area contributed by atoms with Crippen LogP contribution in [0.2, 0.25) is 0 Å². The summed E-state index contributed by atoms with van der Waals surface area (Å²) in [6, 6.07) is 3.81. The van der Waals surface area contributed by atoms with E-state index in [0.29, 0.717) is 18.2 Å². The molecule has 0 aliphatic heterocycles. The minimum absolute atomic E-state index is 0.144. The Morgan fingerprint density at radius 1 is 1.55 bits per heavy atom. The molecule has 0 saturated heterocycles. The van der Waals surface area contributed by atoms with Gasteiger partial charge in [0.05, 0.1) is 0 Å². The third-order valence-corrected chi connectivity index (χ3v) is 3.19. The van der Waals surface area contributed by atoms with Gasteiger partial charge in [-0.25, -0.2) is 0 Å². The van der Waals surface area contributed by atoms with Crippen molar-refractivity contribution in [2.45, 2.75) is 33.7 Å². The van der Waals surface area contributed by atoms with Crippen LogP contribution in [0.1, 0.15) is 35.7 Å². The summed E-state index contributed by atoms with van der Waals surface area (Å²) in [5.74, 6) is 1.43. The van der Waals surface area contributed by atoms with Gasteiger partial charge in [0.1, 0.15) is 5.76 Å². The quantitative estimate of drug-likeness (QED) is 0.880. The van der Waals surface area contributed by atoms with Crippen LogP contribution in [0, 0.1) is 12.8 Å². The maximum absolute atomic E-state index is 12.1. The molecule has 0 aromatic carbocycles. The summed E-state index contributed by atoms with van der Waals surface area (Å²) in [5, 5.41) is 7.07. The van der Waals surface area contributed by atoms with Crippen LogP contribution in [0.5, 0.6) is 0 Å². The number of nitrogens with zero attached hydrogens (tertiary/aromatic N) is 2. The molecule has 2 heterocycles. The number of aryl methyl sites for hydroxylation is 2. The maximum Gasteiger partial charge on any atom is 0.287 e. The largest absolute Gasteiger partial charge is 0.456 e. The topological polar surface area (TPSA) is 60.1 Å². The summed E-state index contributed by atoms with van der Waals surface area (Å²) in [6.45, 7) is 7.36. The van der Waals surface area contributed by atoms with Crippen molar-refractivity contribution in [3.63, 3.8) is 0 Å². The van der Waals surface area contributed by atoms with Gasteiger partial charge in [-0.05, 0) is 25.0 Å². The number of furan rings is 1. The molecule has 1 unspecified atom stereocenters. The van der Waals surface area contributed by atoms with Crippen LogP contribution in [0.15, 0.2) is 28.9 Å². The molecule has 5 heteroatoms. The fourth-order valence-electron chi connectivity index (χ4n) is 2.09. The van der Waals surface area contributed by atoms with Crippen LogP contribution >= 0.6 is 0 Å². The summed E-state index contributed by atoms with van der Waals surface area (Å²) >= 11 is 0. The second kappa shape index (κ2) is 6.41. The van der Waals surface area contributed by atoms with Gasteiger partial charge in [0.25, 0.3) is 5.91 Å². The highest BCUT2D eigenvalue weighted by Gasteiger charge is 2.15. The molecule has 1 atom stereocenters. The van der Waals surface area contributed by atoms with E-state index in [2.05, 4.69) is 17.3 Å². The van der Waals surface area contributed by atoms with Crippen LogP contribution in [0.3, 0.4) is 0 Å². The maximum atomic E-state index is 12.1. The van der Waals surface area contributed by atoms with Crippen molar-refractivity contribution >= 4 is 5.91 Å². The molecule has 0 radical (unpaired) electrons. The Morgan fingerprint density at radius 2 is 2.35 bits per heavy atom. The van der Waals surface area contributed by atoms with E-state index < -0.39 is 0 Å². The number of hydrogen-bond acceptors (Lipinski definition) is 3. The molecule has 0 spiro atoms. The molecule has 20 heavy (non-hydrogen) atoms. The minimum atomic E-state index is -0.144.